The summed E-state index contributed by atoms with van der Waals surface area (Å²) in [5, 5.41) is 14.7. The van der Waals surface area contributed by atoms with Crippen molar-refractivity contribution < 1.29 is 14.6 Å². The van der Waals surface area contributed by atoms with Gasteiger partial charge in [-0.15, -0.1) is 6.58 Å². The third-order valence-electron chi connectivity index (χ3n) is 4.97. The summed E-state index contributed by atoms with van der Waals surface area (Å²) < 4.78 is 10.5. The summed E-state index contributed by atoms with van der Waals surface area (Å²) in [7, 11) is 1.50. The van der Waals surface area contributed by atoms with Gasteiger partial charge in [0.2, 0.25) is 0 Å². The van der Waals surface area contributed by atoms with Gasteiger partial charge < -0.3 is 25.2 Å². The van der Waals surface area contributed by atoms with Gasteiger partial charge in [0, 0.05) is 11.8 Å². The lowest BCUT2D eigenvalue weighted by molar-refractivity contribution is 0.123. The third kappa shape index (κ3) is 17.3. The van der Waals surface area contributed by atoms with E-state index in [4.69, 9.17) is 9.84 Å². The standard InChI is InChI=1S/C16H24N2O.C7H8.C4H8O2.C3H8.C3H6/c1-4-12-8-7-9-13(5-2)15(12)16-18-11-14(19-16)10-17-6-3;1-7-5-3-2-4-6-7;1-4(3-5)6-2;2*1-3-2/h7-9,11,16-18H,4-6,10H2,1-3H3;2-6H,1H3;3,5H,1-2H3;3H2,1-2H3;3H,1H2,2H3/b;;4-3-;;. The Labute approximate surface area is 233 Å². The van der Waals surface area contributed by atoms with Crippen molar-refractivity contribution in [2.24, 2.45) is 0 Å². The highest BCUT2D eigenvalue weighted by molar-refractivity contribution is 5.38. The van der Waals surface area contributed by atoms with Crippen LogP contribution in [0.4, 0.5) is 0 Å². The molecular weight excluding hydrogens is 472 g/mol. The molecule has 214 valence electrons. The highest BCUT2D eigenvalue weighted by atomic mass is 16.5. The summed E-state index contributed by atoms with van der Waals surface area (Å²) in [4.78, 5) is 0. The Hall–Kier alpha value is -3.18. The fraction of sp³-hybridized carbons (Fsp3) is 0.455. The highest BCUT2D eigenvalue weighted by Gasteiger charge is 2.23. The molecule has 0 amide bonds. The average Bonchev–Trinajstić information content (AvgIpc) is 3.41. The van der Waals surface area contributed by atoms with Crippen LogP contribution in [0.5, 0.6) is 0 Å². The molecule has 1 aliphatic heterocycles. The van der Waals surface area contributed by atoms with E-state index in [1.165, 1.54) is 35.8 Å². The van der Waals surface area contributed by atoms with Crippen LogP contribution in [-0.2, 0) is 22.3 Å². The third-order valence-corrected chi connectivity index (χ3v) is 4.97. The maximum absolute atomic E-state index is 8.05. The molecule has 1 aliphatic rings. The predicted octanol–water partition coefficient (Wildman–Crippen LogP) is 8.54. The number of hydrogen-bond acceptors (Lipinski definition) is 5. The topological polar surface area (TPSA) is 62.8 Å². The molecule has 0 saturated carbocycles. The number of allylic oxidation sites excluding steroid dienone is 2. The zero-order valence-electron chi connectivity index (χ0n) is 25.4. The summed E-state index contributed by atoms with van der Waals surface area (Å²) in [5.41, 5.74) is 5.38. The molecule has 1 atom stereocenters. The van der Waals surface area contributed by atoms with Crippen LogP contribution in [-0.4, -0.2) is 25.3 Å². The number of aryl methyl sites for hydroxylation is 3. The number of rotatable bonds is 7. The fourth-order valence-electron chi connectivity index (χ4n) is 3.08. The van der Waals surface area contributed by atoms with Gasteiger partial charge in [0.25, 0.3) is 0 Å². The second-order valence-electron chi connectivity index (χ2n) is 8.47. The van der Waals surface area contributed by atoms with Crippen LogP contribution in [0.25, 0.3) is 0 Å². The van der Waals surface area contributed by atoms with Gasteiger partial charge in [-0.3, -0.25) is 0 Å². The molecule has 3 N–H and O–H groups in total. The Morgan fingerprint density at radius 1 is 1.03 bits per heavy atom. The first-order chi connectivity index (χ1) is 18.3. The Morgan fingerprint density at radius 2 is 1.55 bits per heavy atom. The molecular formula is C33H54N2O3. The van der Waals surface area contributed by atoms with Crippen molar-refractivity contribution in [3.05, 3.63) is 107 Å². The number of nitrogens with one attached hydrogen (secondary N) is 2. The monoisotopic (exact) mass is 526 g/mol. The zero-order valence-corrected chi connectivity index (χ0v) is 25.4. The Balaban J connectivity index is 0. The van der Waals surface area contributed by atoms with Crippen molar-refractivity contribution in [3.63, 3.8) is 0 Å². The number of hydrogen-bond donors (Lipinski definition) is 3. The van der Waals surface area contributed by atoms with Crippen molar-refractivity contribution in [1.29, 1.82) is 0 Å². The predicted molar refractivity (Wildman–Crippen MR) is 165 cm³/mol. The smallest absolute Gasteiger partial charge is 0.196 e. The van der Waals surface area contributed by atoms with Crippen LogP contribution in [0.3, 0.4) is 0 Å². The first-order valence-electron chi connectivity index (χ1n) is 13.7. The number of aliphatic hydroxyl groups excluding tert-OH is 1. The molecule has 5 nitrogen and oxygen atoms in total. The van der Waals surface area contributed by atoms with E-state index < -0.39 is 0 Å². The van der Waals surface area contributed by atoms with Gasteiger partial charge in [-0.05, 0) is 51.3 Å². The Kier molecular flexibility index (Phi) is 24.8. The summed E-state index contributed by atoms with van der Waals surface area (Å²) >= 11 is 0. The lowest BCUT2D eigenvalue weighted by Gasteiger charge is -2.20. The average molecular weight is 527 g/mol. The molecule has 0 aromatic heterocycles. The van der Waals surface area contributed by atoms with Crippen molar-refractivity contribution in [3.8, 4) is 0 Å². The van der Waals surface area contributed by atoms with E-state index in [2.05, 4.69) is 93.8 Å². The zero-order chi connectivity index (χ0) is 29.2. The van der Waals surface area contributed by atoms with Gasteiger partial charge in [0.1, 0.15) is 17.8 Å². The molecule has 0 bridgehead atoms. The molecule has 2 aromatic rings. The van der Waals surface area contributed by atoms with Gasteiger partial charge in [0.15, 0.2) is 6.23 Å². The van der Waals surface area contributed by atoms with Gasteiger partial charge in [-0.25, -0.2) is 0 Å². The second kappa shape index (κ2) is 25.5. The van der Waals surface area contributed by atoms with E-state index in [1.54, 1.807) is 13.0 Å². The van der Waals surface area contributed by atoms with E-state index in [0.29, 0.717) is 5.76 Å². The molecule has 1 heterocycles. The van der Waals surface area contributed by atoms with E-state index in [1.807, 2.05) is 31.3 Å². The van der Waals surface area contributed by atoms with Gasteiger partial charge in [0.05, 0.1) is 13.7 Å². The summed E-state index contributed by atoms with van der Waals surface area (Å²) in [6.45, 7) is 21.5. The molecule has 0 spiro atoms. The highest BCUT2D eigenvalue weighted by Crippen LogP contribution is 2.29. The largest absolute Gasteiger partial charge is 0.512 e. The number of benzene rings is 2. The van der Waals surface area contributed by atoms with Crippen molar-refractivity contribution in [2.45, 2.75) is 80.9 Å². The number of likely N-dealkylation sites (N-methyl/N-ethyl adjacent to an activating group) is 1. The molecule has 0 radical (unpaired) electrons. The van der Waals surface area contributed by atoms with E-state index >= 15 is 0 Å². The molecule has 0 saturated heterocycles. The fourth-order valence-corrected chi connectivity index (χ4v) is 3.08. The van der Waals surface area contributed by atoms with Crippen molar-refractivity contribution in [2.75, 3.05) is 20.2 Å². The van der Waals surface area contributed by atoms with Crippen molar-refractivity contribution >= 4 is 0 Å². The second-order valence-corrected chi connectivity index (χ2v) is 8.47. The molecule has 5 heteroatoms. The van der Waals surface area contributed by atoms with Crippen LogP contribution < -0.4 is 10.6 Å². The van der Waals surface area contributed by atoms with Crippen LogP contribution in [0.15, 0.2) is 85.2 Å². The van der Waals surface area contributed by atoms with Crippen LogP contribution >= 0.6 is 0 Å². The SMILES string of the molecule is C=CC.CCC.CCNCC1=CNC(c2c(CC)cccc2CC)O1.CO/C(C)=C\O.Cc1ccccc1. The minimum Gasteiger partial charge on any atom is -0.512 e. The maximum atomic E-state index is 8.05. The van der Waals surface area contributed by atoms with Crippen LogP contribution in [0, 0.1) is 6.92 Å². The summed E-state index contributed by atoms with van der Waals surface area (Å²) in [6, 6.07) is 16.8. The molecule has 1 unspecified atom stereocenters. The van der Waals surface area contributed by atoms with Crippen LogP contribution in [0.2, 0.25) is 0 Å². The molecule has 38 heavy (non-hydrogen) atoms. The summed E-state index contributed by atoms with van der Waals surface area (Å²) in [5.74, 6) is 1.51. The molecule has 2 aromatic carbocycles. The quantitative estimate of drug-likeness (QED) is 0.249. The first kappa shape index (κ1) is 37.0. The maximum Gasteiger partial charge on any atom is 0.196 e. The van der Waals surface area contributed by atoms with Crippen molar-refractivity contribution in [1.82, 2.24) is 10.6 Å². The van der Waals surface area contributed by atoms with E-state index in [-0.39, 0.29) is 6.23 Å². The normalized spacial score (nSPS) is 13.1. The van der Waals surface area contributed by atoms with Crippen LogP contribution in [0.1, 0.15) is 83.4 Å². The van der Waals surface area contributed by atoms with Gasteiger partial charge in [-0.2, -0.15) is 0 Å². The number of aliphatic hydroxyl groups is 1. The first-order valence-corrected chi connectivity index (χ1v) is 13.7. The Morgan fingerprint density at radius 3 is 1.89 bits per heavy atom. The lowest BCUT2D eigenvalue weighted by atomic mass is 9.96. The Bertz CT molecular complexity index is 870. The molecule has 3 rings (SSSR count). The van der Waals surface area contributed by atoms with Gasteiger partial charge in [-0.1, -0.05) is 101 Å². The number of methoxy groups -OCH3 is 1. The minimum absolute atomic E-state index is 0.0280. The molecule has 0 aliphatic carbocycles. The van der Waals surface area contributed by atoms with E-state index in [0.717, 1.165) is 38.0 Å². The number of ether oxygens (including phenoxy) is 2. The summed E-state index contributed by atoms with van der Waals surface area (Å²) in [6.07, 6.45) is 7.94. The lowest BCUT2D eigenvalue weighted by Crippen LogP contribution is -2.18. The van der Waals surface area contributed by atoms with Gasteiger partial charge >= 0.3 is 0 Å². The van der Waals surface area contributed by atoms with E-state index in [9.17, 15) is 0 Å². The minimum atomic E-state index is -0.0280. The molecule has 0 fully saturated rings.